The maximum Gasteiger partial charge on any atom is 0.415 e. The molecule has 1 aromatic carbocycles. The van der Waals surface area contributed by atoms with Crippen molar-refractivity contribution >= 4 is 12.0 Å². The first kappa shape index (κ1) is 12.3. The van der Waals surface area contributed by atoms with Crippen LogP contribution in [0, 0.1) is 0 Å². The molecular weight excluding hydrogens is 237 g/mol. The van der Waals surface area contributed by atoms with Crippen LogP contribution in [0.2, 0.25) is 0 Å². The number of ether oxygens (including phenoxy) is 1. The highest BCUT2D eigenvalue weighted by Gasteiger charge is 2.32. The van der Waals surface area contributed by atoms with Crippen molar-refractivity contribution in [3.05, 3.63) is 41.6 Å². The van der Waals surface area contributed by atoms with E-state index in [2.05, 4.69) is 0 Å². The maximum absolute atomic E-state index is 13.1. The summed E-state index contributed by atoms with van der Waals surface area (Å²) in [6, 6.07) is 9.13. The number of alkyl halides is 1. The third-order valence-corrected chi connectivity index (χ3v) is 2.66. The molecular formula is C13H12FNO3. The van der Waals surface area contributed by atoms with Gasteiger partial charge in [0, 0.05) is 6.42 Å². The van der Waals surface area contributed by atoms with Crippen LogP contribution in [0.4, 0.5) is 9.18 Å². The topological polar surface area (TPSA) is 46.6 Å². The van der Waals surface area contributed by atoms with Gasteiger partial charge in [-0.25, -0.2) is 14.0 Å². The first-order valence-corrected chi connectivity index (χ1v) is 5.57. The number of hydrogen-bond donors (Lipinski definition) is 0. The average molecular weight is 249 g/mol. The van der Waals surface area contributed by atoms with Crippen molar-refractivity contribution in [2.75, 3.05) is 6.54 Å². The number of hydrogen-bond acceptors (Lipinski definition) is 3. The molecule has 18 heavy (non-hydrogen) atoms. The Bertz CT molecular complexity index is 482. The van der Waals surface area contributed by atoms with E-state index in [0.717, 1.165) is 10.5 Å². The third kappa shape index (κ3) is 2.76. The Kier molecular flexibility index (Phi) is 3.75. The van der Waals surface area contributed by atoms with Gasteiger partial charge in [-0.05, 0) is 5.56 Å². The highest BCUT2D eigenvalue weighted by atomic mass is 19.1. The summed E-state index contributed by atoms with van der Waals surface area (Å²) in [4.78, 5) is 23.2. The Morgan fingerprint density at radius 1 is 1.44 bits per heavy atom. The predicted octanol–water partition coefficient (Wildman–Crippen LogP) is 2.08. The second-order valence-corrected chi connectivity index (χ2v) is 4.00. The zero-order valence-corrected chi connectivity index (χ0v) is 9.64. The minimum atomic E-state index is -1.22. The van der Waals surface area contributed by atoms with Gasteiger partial charge in [0.05, 0.1) is 6.54 Å². The lowest BCUT2D eigenvalue weighted by atomic mass is 10.2. The molecule has 1 heterocycles. The number of benzene rings is 1. The number of carbonyl (C=O) groups is 1. The summed E-state index contributed by atoms with van der Waals surface area (Å²) < 4.78 is 18.1. The number of allylic oxidation sites excluding steroid dienone is 1. The Labute approximate surface area is 104 Å². The number of nitrogens with zero attached hydrogens (tertiary/aromatic N) is 1. The van der Waals surface area contributed by atoms with Gasteiger partial charge in [-0.1, -0.05) is 30.3 Å². The van der Waals surface area contributed by atoms with Crippen molar-refractivity contribution in [2.45, 2.75) is 19.2 Å². The van der Waals surface area contributed by atoms with Gasteiger partial charge in [-0.3, -0.25) is 4.90 Å². The van der Waals surface area contributed by atoms with Crippen molar-refractivity contribution < 1.29 is 18.7 Å². The van der Waals surface area contributed by atoms with Crippen LogP contribution in [0.15, 0.2) is 36.0 Å². The lowest BCUT2D eigenvalue weighted by Crippen LogP contribution is -2.28. The van der Waals surface area contributed by atoms with E-state index in [1.54, 1.807) is 5.94 Å². The first-order valence-electron chi connectivity index (χ1n) is 5.57. The van der Waals surface area contributed by atoms with Crippen molar-refractivity contribution in [1.29, 1.82) is 0 Å². The molecule has 4 nitrogen and oxygen atoms in total. The highest BCUT2D eigenvalue weighted by molar-refractivity contribution is 5.74. The van der Waals surface area contributed by atoms with Crippen LogP contribution >= 0.6 is 0 Å². The van der Waals surface area contributed by atoms with Gasteiger partial charge in [0.25, 0.3) is 0 Å². The fourth-order valence-electron chi connectivity index (χ4n) is 1.77. The second-order valence-electron chi connectivity index (χ2n) is 4.00. The summed E-state index contributed by atoms with van der Waals surface area (Å²) in [5.41, 5.74) is 0.846. The quantitative estimate of drug-likeness (QED) is 0.754. The summed E-state index contributed by atoms with van der Waals surface area (Å²) in [6.07, 6.45) is -2.01. The van der Waals surface area contributed by atoms with E-state index < -0.39 is 12.3 Å². The van der Waals surface area contributed by atoms with Crippen LogP contribution in [0.25, 0.3) is 0 Å². The molecule has 0 aliphatic carbocycles. The zero-order chi connectivity index (χ0) is 13.0. The molecule has 0 aromatic heterocycles. The standard InChI is InChI=1S/C13H12FNO3/c14-11-6-12(8-16)15(7-11)13(17)18-9-10-4-2-1-3-5-10/h1-5,11H,6-7,9H2. The first-order chi connectivity index (χ1) is 8.70. The van der Waals surface area contributed by atoms with Crippen LogP contribution in [-0.2, 0) is 16.1 Å². The Morgan fingerprint density at radius 2 is 2.17 bits per heavy atom. The van der Waals surface area contributed by atoms with Crippen molar-refractivity contribution in [3.63, 3.8) is 0 Å². The highest BCUT2D eigenvalue weighted by Crippen LogP contribution is 2.22. The molecule has 1 unspecified atom stereocenters. The molecule has 0 bridgehead atoms. The molecule has 1 aromatic rings. The smallest absolute Gasteiger partial charge is 0.415 e. The van der Waals surface area contributed by atoms with Crippen LogP contribution < -0.4 is 0 Å². The molecule has 1 aliphatic rings. The summed E-state index contributed by atoms with van der Waals surface area (Å²) >= 11 is 0. The number of carbonyl (C=O) groups excluding carboxylic acids is 2. The molecule has 94 valence electrons. The van der Waals surface area contributed by atoms with Crippen molar-refractivity contribution in [2.24, 2.45) is 0 Å². The van der Waals surface area contributed by atoms with Crippen LogP contribution in [0.1, 0.15) is 12.0 Å². The minimum Gasteiger partial charge on any atom is -0.444 e. The summed E-state index contributed by atoms with van der Waals surface area (Å²) in [5, 5.41) is 0. The van der Waals surface area contributed by atoms with E-state index in [1.165, 1.54) is 0 Å². The lowest BCUT2D eigenvalue weighted by Gasteiger charge is -2.15. The molecule has 1 atom stereocenters. The molecule has 1 saturated heterocycles. The minimum absolute atomic E-state index is 0.0144. The number of amides is 1. The van der Waals surface area contributed by atoms with Gasteiger partial charge in [-0.15, -0.1) is 0 Å². The van der Waals surface area contributed by atoms with E-state index >= 15 is 0 Å². The number of rotatable bonds is 2. The van der Waals surface area contributed by atoms with Gasteiger partial charge in [0.15, 0.2) is 0 Å². The molecule has 2 rings (SSSR count). The van der Waals surface area contributed by atoms with Crippen LogP contribution in [0.5, 0.6) is 0 Å². The normalized spacial score (nSPS) is 18.6. The van der Waals surface area contributed by atoms with Crippen LogP contribution in [-0.4, -0.2) is 29.7 Å². The van der Waals surface area contributed by atoms with Crippen molar-refractivity contribution in [3.8, 4) is 0 Å². The van der Waals surface area contributed by atoms with Gasteiger partial charge < -0.3 is 4.74 Å². The van der Waals surface area contributed by atoms with Gasteiger partial charge in [0.2, 0.25) is 0 Å². The number of likely N-dealkylation sites (tertiary alicyclic amines) is 1. The maximum atomic E-state index is 13.1. The lowest BCUT2D eigenvalue weighted by molar-refractivity contribution is 0.109. The van der Waals surface area contributed by atoms with E-state index in [4.69, 9.17) is 4.74 Å². The molecule has 1 aliphatic heterocycles. The number of halogens is 1. The molecule has 5 heteroatoms. The summed E-state index contributed by atoms with van der Waals surface area (Å²) in [7, 11) is 0. The predicted molar refractivity (Wildman–Crippen MR) is 62.1 cm³/mol. The van der Waals surface area contributed by atoms with Crippen LogP contribution in [0.3, 0.4) is 0 Å². The van der Waals surface area contributed by atoms with E-state index in [1.807, 2.05) is 30.3 Å². The fraction of sp³-hybridized carbons (Fsp3) is 0.308. The molecule has 0 radical (unpaired) electrons. The SMILES string of the molecule is O=C=C1CC(F)CN1C(=O)OCc1ccccc1. The summed E-state index contributed by atoms with van der Waals surface area (Å²) in [5.74, 6) is 1.58. The summed E-state index contributed by atoms with van der Waals surface area (Å²) in [6.45, 7) is -0.0442. The molecule has 0 spiro atoms. The Balaban J connectivity index is 1.94. The molecule has 0 N–H and O–H groups in total. The Hall–Kier alpha value is -2.13. The van der Waals surface area contributed by atoms with Crippen molar-refractivity contribution in [1.82, 2.24) is 4.90 Å². The molecule has 1 fully saturated rings. The largest absolute Gasteiger partial charge is 0.444 e. The Morgan fingerprint density at radius 3 is 2.83 bits per heavy atom. The van der Waals surface area contributed by atoms with E-state index in [9.17, 15) is 14.0 Å². The van der Waals surface area contributed by atoms with Gasteiger partial charge in [0.1, 0.15) is 24.4 Å². The van der Waals surface area contributed by atoms with Gasteiger partial charge in [-0.2, -0.15) is 0 Å². The third-order valence-electron chi connectivity index (χ3n) is 2.66. The average Bonchev–Trinajstić information content (AvgIpc) is 2.78. The van der Waals surface area contributed by atoms with E-state index in [0.29, 0.717) is 0 Å². The molecule has 1 amide bonds. The monoisotopic (exact) mass is 249 g/mol. The zero-order valence-electron chi connectivity index (χ0n) is 9.64. The van der Waals surface area contributed by atoms with E-state index in [-0.39, 0.29) is 25.3 Å². The molecule has 0 saturated carbocycles. The van der Waals surface area contributed by atoms with Gasteiger partial charge >= 0.3 is 6.09 Å². The fourth-order valence-corrected chi connectivity index (χ4v) is 1.77. The second kappa shape index (κ2) is 5.47.